The van der Waals surface area contributed by atoms with E-state index < -0.39 is 10.0 Å². The van der Waals surface area contributed by atoms with E-state index in [4.69, 9.17) is 0 Å². The minimum atomic E-state index is -3.65. The summed E-state index contributed by atoms with van der Waals surface area (Å²) in [4.78, 5) is 2.94. The standard InChI is InChI=1S/C17H20N4O2S2/c1-20(2)11-10-18-25(22,23)16-13-21(14-7-4-3-5-8-14)19-17(16)15-9-6-12-24-15/h3-9,12-13,18H,10-11H2,1-2H3. The number of hydrogen-bond donors (Lipinski definition) is 1. The van der Waals surface area contributed by atoms with E-state index in [9.17, 15) is 8.42 Å². The zero-order valence-electron chi connectivity index (χ0n) is 14.1. The maximum Gasteiger partial charge on any atom is 0.244 e. The van der Waals surface area contributed by atoms with Crippen LogP contribution in [0.5, 0.6) is 0 Å². The average Bonchev–Trinajstić information content (AvgIpc) is 3.25. The highest BCUT2D eigenvalue weighted by Gasteiger charge is 2.24. The Hall–Kier alpha value is -2.00. The van der Waals surface area contributed by atoms with Gasteiger partial charge in [-0.3, -0.25) is 0 Å². The van der Waals surface area contributed by atoms with Gasteiger partial charge in [0.25, 0.3) is 0 Å². The van der Waals surface area contributed by atoms with Crippen LogP contribution in [0.25, 0.3) is 16.3 Å². The molecule has 1 N–H and O–H groups in total. The summed E-state index contributed by atoms with van der Waals surface area (Å²) in [6.45, 7) is 0.968. The Kier molecular flexibility index (Phi) is 5.33. The molecule has 0 spiro atoms. The van der Waals surface area contributed by atoms with E-state index in [-0.39, 0.29) is 4.90 Å². The number of aromatic nitrogens is 2. The molecule has 8 heteroatoms. The smallest absolute Gasteiger partial charge is 0.244 e. The Morgan fingerprint density at radius 1 is 1.16 bits per heavy atom. The molecule has 0 aliphatic rings. The molecule has 132 valence electrons. The van der Waals surface area contributed by atoms with Crippen molar-refractivity contribution in [3.8, 4) is 16.3 Å². The van der Waals surface area contributed by atoms with Crippen LogP contribution in [0, 0.1) is 0 Å². The molecule has 0 atom stereocenters. The number of sulfonamides is 1. The summed E-state index contributed by atoms with van der Waals surface area (Å²) in [7, 11) is 0.150. The number of likely N-dealkylation sites (N-methyl/N-ethyl adjacent to an activating group) is 1. The van der Waals surface area contributed by atoms with Crippen LogP contribution in [0.1, 0.15) is 0 Å². The Morgan fingerprint density at radius 2 is 1.92 bits per heavy atom. The molecule has 0 unspecified atom stereocenters. The maximum atomic E-state index is 12.8. The van der Waals surface area contributed by atoms with Crippen LogP contribution in [-0.2, 0) is 10.0 Å². The largest absolute Gasteiger partial charge is 0.308 e. The number of rotatable bonds is 7. The first-order chi connectivity index (χ1) is 12.0. The van der Waals surface area contributed by atoms with E-state index >= 15 is 0 Å². The van der Waals surface area contributed by atoms with Gasteiger partial charge in [0.1, 0.15) is 10.6 Å². The Labute approximate surface area is 151 Å². The molecule has 0 amide bonds. The van der Waals surface area contributed by atoms with Crippen LogP contribution >= 0.6 is 11.3 Å². The second kappa shape index (κ2) is 7.49. The highest BCUT2D eigenvalue weighted by molar-refractivity contribution is 7.89. The minimum Gasteiger partial charge on any atom is -0.308 e. The van der Waals surface area contributed by atoms with Crippen LogP contribution in [-0.4, -0.2) is 50.3 Å². The third-order valence-corrected chi connectivity index (χ3v) is 5.94. The second-order valence-corrected chi connectivity index (χ2v) is 8.48. The summed E-state index contributed by atoms with van der Waals surface area (Å²) < 4.78 is 29.9. The van der Waals surface area contributed by atoms with E-state index in [1.54, 1.807) is 10.9 Å². The second-order valence-electron chi connectivity index (χ2n) is 5.80. The average molecular weight is 377 g/mol. The van der Waals surface area contributed by atoms with Crippen LogP contribution < -0.4 is 4.72 Å². The molecule has 0 aliphatic carbocycles. The Morgan fingerprint density at radius 3 is 2.56 bits per heavy atom. The monoisotopic (exact) mass is 376 g/mol. The normalized spacial score (nSPS) is 12.0. The molecule has 1 aromatic carbocycles. The molecule has 25 heavy (non-hydrogen) atoms. The molecule has 0 radical (unpaired) electrons. The van der Waals surface area contributed by atoms with Crippen molar-refractivity contribution in [3.05, 3.63) is 54.0 Å². The van der Waals surface area contributed by atoms with Crippen molar-refractivity contribution < 1.29 is 8.42 Å². The predicted octanol–water partition coefficient (Wildman–Crippen LogP) is 2.44. The molecule has 6 nitrogen and oxygen atoms in total. The van der Waals surface area contributed by atoms with E-state index in [1.165, 1.54) is 11.3 Å². The van der Waals surface area contributed by atoms with E-state index in [0.717, 1.165) is 10.6 Å². The molecular weight excluding hydrogens is 356 g/mol. The molecule has 0 bridgehead atoms. The van der Waals surface area contributed by atoms with Gasteiger partial charge in [-0.05, 0) is 37.7 Å². The van der Waals surface area contributed by atoms with Crippen molar-refractivity contribution in [1.82, 2.24) is 19.4 Å². The fourth-order valence-corrected chi connectivity index (χ4v) is 4.28. The molecule has 2 heterocycles. The molecular formula is C17H20N4O2S2. The van der Waals surface area contributed by atoms with Gasteiger partial charge in [0, 0.05) is 13.1 Å². The predicted molar refractivity (Wildman–Crippen MR) is 101 cm³/mol. The molecule has 0 saturated carbocycles. The van der Waals surface area contributed by atoms with Crippen molar-refractivity contribution >= 4 is 21.4 Å². The van der Waals surface area contributed by atoms with Gasteiger partial charge in [-0.1, -0.05) is 24.3 Å². The highest BCUT2D eigenvalue weighted by atomic mass is 32.2. The SMILES string of the molecule is CN(C)CCNS(=O)(=O)c1cn(-c2ccccc2)nc1-c1cccs1. The minimum absolute atomic E-state index is 0.192. The zero-order valence-corrected chi connectivity index (χ0v) is 15.7. The first-order valence-electron chi connectivity index (χ1n) is 7.81. The number of nitrogens with zero attached hydrogens (tertiary/aromatic N) is 3. The number of para-hydroxylation sites is 1. The fourth-order valence-electron chi connectivity index (χ4n) is 2.33. The van der Waals surface area contributed by atoms with Crippen LogP contribution in [0.2, 0.25) is 0 Å². The topological polar surface area (TPSA) is 67.2 Å². The van der Waals surface area contributed by atoms with Gasteiger partial charge in [-0.25, -0.2) is 17.8 Å². The summed E-state index contributed by atoms with van der Waals surface area (Å²) in [6, 6.07) is 13.2. The van der Waals surface area contributed by atoms with E-state index in [2.05, 4.69) is 9.82 Å². The lowest BCUT2D eigenvalue weighted by Crippen LogP contribution is -2.31. The molecule has 0 saturated heterocycles. The lowest BCUT2D eigenvalue weighted by Gasteiger charge is -2.10. The van der Waals surface area contributed by atoms with Gasteiger partial charge in [-0.15, -0.1) is 11.3 Å². The number of thiophene rings is 1. The van der Waals surface area contributed by atoms with Crippen molar-refractivity contribution in [3.63, 3.8) is 0 Å². The van der Waals surface area contributed by atoms with Crippen molar-refractivity contribution in [2.75, 3.05) is 27.2 Å². The van der Waals surface area contributed by atoms with Gasteiger partial charge >= 0.3 is 0 Å². The lowest BCUT2D eigenvalue weighted by atomic mass is 10.3. The van der Waals surface area contributed by atoms with Crippen molar-refractivity contribution in [2.45, 2.75) is 4.90 Å². The van der Waals surface area contributed by atoms with Gasteiger partial charge in [0.2, 0.25) is 10.0 Å². The highest BCUT2D eigenvalue weighted by Crippen LogP contribution is 2.30. The number of nitrogens with one attached hydrogen (secondary N) is 1. The number of benzene rings is 1. The summed E-state index contributed by atoms with van der Waals surface area (Å²) in [5, 5.41) is 6.44. The maximum absolute atomic E-state index is 12.8. The first-order valence-corrected chi connectivity index (χ1v) is 10.2. The van der Waals surface area contributed by atoms with Gasteiger partial charge in [0.05, 0.1) is 16.8 Å². The van der Waals surface area contributed by atoms with E-state index in [1.807, 2.05) is 66.8 Å². The van der Waals surface area contributed by atoms with Crippen molar-refractivity contribution in [1.29, 1.82) is 0 Å². The zero-order chi connectivity index (χ0) is 17.9. The van der Waals surface area contributed by atoms with Crippen LogP contribution in [0.3, 0.4) is 0 Å². The molecule has 3 aromatic rings. The van der Waals surface area contributed by atoms with Crippen molar-refractivity contribution in [2.24, 2.45) is 0 Å². The summed E-state index contributed by atoms with van der Waals surface area (Å²) >= 11 is 1.47. The van der Waals surface area contributed by atoms with E-state index in [0.29, 0.717) is 18.8 Å². The summed E-state index contributed by atoms with van der Waals surface area (Å²) in [5.74, 6) is 0. The van der Waals surface area contributed by atoms with Crippen LogP contribution in [0.4, 0.5) is 0 Å². The first kappa shape index (κ1) is 17.8. The molecule has 0 aliphatic heterocycles. The summed E-state index contributed by atoms with van der Waals surface area (Å²) in [5.41, 5.74) is 1.28. The molecule has 2 aromatic heterocycles. The van der Waals surface area contributed by atoms with Gasteiger partial charge in [-0.2, -0.15) is 5.10 Å². The van der Waals surface area contributed by atoms with Gasteiger partial charge < -0.3 is 4.90 Å². The third-order valence-electron chi connectivity index (χ3n) is 3.60. The molecule has 3 rings (SSSR count). The molecule has 0 fully saturated rings. The van der Waals surface area contributed by atoms with Crippen LogP contribution in [0.15, 0.2) is 58.9 Å². The Bertz CT molecular complexity index is 917. The third kappa shape index (κ3) is 4.16. The van der Waals surface area contributed by atoms with Gasteiger partial charge in [0.15, 0.2) is 0 Å². The lowest BCUT2D eigenvalue weighted by molar-refractivity contribution is 0.412. The quantitative estimate of drug-likeness (QED) is 0.688. The number of hydrogen-bond acceptors (Lipinski definition) is 5. The summed E-state index contributed by atoms with van der Waals surface area (Å²) in [6.07, 6.45) is 1.57. The Balaban J connectivity index is 2.01. The fraction of sp³-hybridized carbons (Fsp3) is 0.235.